The van der Waals surface area contributed by atoms with Crippen LogP contribution < -0.4 is 0 Å². The van der Waals surface area contributed by atoms with Gasteiger partial charge < -0.3 is 0 Å². The van der Waals surface area contributed by atoms with E-state index in [4.69, 9.17) is 5.26 Å². The molecule has 0 unspecified atom stereocenters. The van der Waals surface area contributed by atoms with Gasteiger partial charge in [0.05, 0.1) is 6.07 Å². The van der Waals surface area contributed by atoms with Crippen molar-refractivity contribution in [3.63, 3.8) is 0 Å². The molecule has 1 heteroatoms. The van der Waals surface area contributed by atoms with Gasteiger partial charge in [0.15, 0.2) is 0 Å². The molecule has 0 spiro atoms. The van der Waals surface area contributed by atoms with Crippen molar-refractivity contribution in [3.05, 3.63) is 23.8 Å². The third-order valence-electron chi connectivity index (χ3n) is 0.768. The number of nitriles is 1. The Bertz CT molecular complexity index is 154. The minimum Gasteiger partial charge on any atom is -0.193 e. The summed E-state index contributed by atoms with van der Waals surface area (Å²) in [5.41, 5.74) is 1.94. The first-order valence-corrected chi connectivity index (χ1v) is 4.19. The highest BCUT2D eigenvalue weighted by atomic mass is 14.2. The number of hydrogen-bond donors (Lipinski definition) is 0. The van der Waals surface area contributed by atoms with E-state index >= 15 is 0 Å². The summed E-state index contributed by atoms with van der Waals surface area (Å²) < 4.78 is 0. The lowest BCUT2D eigenvalue weighted by Gasteiger charge is -1.74. The van der Waals surface area contributed by atoms with E-state index in [0.717, 1.165) is 0 Å². The van der Waals surface area contributed by atoms with Gasteiger partial charge in [-0.25, -0.2) is 0 Å². The molecule has 0 heterocycles. The zero-order valence-electron chi connectivity index (χ0n) is 9.23. The molecule has 0 rings (SSSR count). The zero-order chi connectivity index (χ0) is 10.6. The second-order valence-electron chi connectivity index (χ2n) is 2.26. The lowest BCUT2D eigenvalue weighted by molar-refractivity contribution is 1.36. The van der Waals surface area contributed by atoms with Gasteiger partial charge in [-0.1, -0.05) is 32.1 Å². The van der Waals surface area contributed by atoms with Gasteiger partial charge in [0.2, 0.25) is 0 Å². The van der Waals surface area contributed by atoms with E-state index in [1.54, 1.807) is 6.92 Å². The van der Waals surface area contributed by atoms with E-state index in [-0.39, 0.29) is 0 Å². The Kier molecular flexibility index (Phi) is 23.6. The fourth-order valence-electron chi connectivity index (χ4n) is 0. The minimum atomic E-state index is 0.560. The average molecular weight is 167 g/mol. The third kappa shape index (κ3) is 64.6. The molecule has 0 saturated heterocycles. The van der Waals surface area contributed by atoms with Gasteiger partial charge in [-0.2, -0.15) is 5.26 Å². The van der Waals surface area contributed by atoms with Crippen molar-refractivity contribution in [1.82, 2.24) is 0 Å². The first-order chi connectivity index (χ1) is 5.54. The van der Waals surface area contributed by atoms with Crippen LogP contribution in [-0.4, -0.2) is 0 Å². The van der Waals surface area contributed by atoms with Crippen molar-refractivity contribution >= 4 is 0 Å². The normalized spacial score (nSPS) is 5.75. The van der Waals surface area contributed by atoms with Crippen molar-refractivity contribution in [2.75, 3.05) is 0 Å². The second kappa shape index (κ2) is 16.5. The minimum absolute atomic E-state index is 0.560. The predicted octanol–water partition coefficient (Wildman–Crippen LogP) is 4.08. The number of nitrogens with zero attached hydrogens (tertiary/aromatic N) is 1. The van der Waals surface area contributed by atoms with Gasteiger partial charge in [-0.05, 0) is 27.7 Å². The monoisotopic (exact) mass is 167 g/mol. The summed E-state index contributed by atoms with van der Waals surface area (Å²) in [5.74, 6) is 0. The Balaban J connectivity index is -0.000000112. The molecule has 0 aromatic rings. The molecule has 70 valence electrons. The van der Waals surface area contributed by atoms with Crippen LogP contribution in [0.2, 0.25) is 0 Å². The molecule has 0 saturated carbocycles. The lowest BCUT2D eigenvalue weighted by atomic mass is 10.3. The van der Waals surface area contributed by atoms with Crippen LogP contribution in [0.4, 0.5) is 0 Å². The highest BCUT2D eigenvalue weighted by Crippen LogP contribution is 1.82. The van der Waals surface area contributed by atoms with Crippen molar-refractivity contribution < 1.29 is 0 Å². The molecule has 0 aliphatic heterocycles. The molecule has 12 heavy (non-hydrogen) atoms. The topological polar surface area (TPSA) is 23.8 Å². The van der Waals surface area contributed by atoms with Crippen LogP contribution in [0, 0.1) is 11.3 Å². The molecule has 0 N–H and O–H groups in total. The molecule has 1 nitrogen and oxygen atoms in total. The summed E-state index contributed by atoms with van der Waals surface area (Å²) >= 11 is 0. The van der Waals surface area contributed by atoms with E-state index in [1.165, 1.54) is 5.57 Å². The Morgan fingerprint density at radius 3 is 1.42 bits per heavy atom. The van der Waals surface area contributed by atoms with Gasteiger partial charge in [0.25, 0.3) is 0 Å². The Hall–Kier alpha value is -1.03. The van der Waals surface area contributed by atoms with Crippen molar-refractivity contribution in [3.8, 4) is 6.07 Å². The Labute approximate surface area is 77.4 Å². The largest absolute Gasteiger partial charge is 0.193 e. The first kappa shape index (κ1) is 17.2. The zero-order valence-corrected chi connectivity index (χ0v) is 9.23. The fraction of sp³-hybridized carbons (Fsp3) is 0.545. The molecule has 0 bridgehead atoms. The highest BCUT2D eigenvalue weighted by molar-refractivity contribution is 5.11. The van der Waals surface area contributed by atoms with Crippen molar-refractivity contribution in [2.24, 2.45) is 0 Å². The summed E-state index contributed by atoms with van der Waals surface area (Å²) in [6.45, 7) is 15.2. The van der Waals surface area contributed by atoms with E-state index in [9.17, 15) is 0 Å². The molecule has 0 aliphatic rings. The van der Waals surface area contributed by atoms with E-state index in [1.807, 2.05) is 26.8 Å². The summed E-state index contributed by atoms with van der Waals surface area (Å²) in [7, 11) is 0. The SMILES string of the molecule is C=C(C)C#N.CC.CC=C(C)C. The van der Waals surface area contributed by atoms with Gasteiger partial charge in [0, 0.05) is 5.57 Å². The molecule has 0 aliphatic carbocycles. The molecule has 0 aromatic carbocycles. The second-order valence-corrected chi connectivity index (χ2v) is 2.26. The van der Waals surface area contributed by atoms with Gasteiger partial charge in [-0.15, -0.1) is 0 Å². The van der Waals surface area contributed by atoms with E-state index < -0.39 is 0 Å². The smallest absolute Gasteiger partial charge is 0.0937 e. The number of rotatable bonds is 0. The maximum absolute atomic E-state index is 7.79. The standard InChI is InChI=1S/C5H10.C4H5N.C2H6/c1-4-5(2)3;1-4(2)3-5;1-2/h4H,1-3H3;1H2,2H3;1-2H3. The maximum atomic E-state index is 7.79. The van der Waals surface area contributed by atoms with Crippen LogP contribution in [0.25, 0.3) is 0 Å². The lowest BCUT2D eigenvalue weighted by Crippen LogP contribution is -1.52. The van der Waals surface area contributed by atoms with Crippen LogP contribution in [0.1, 0.15) is 41.5 Å². The number of hydrogen-bond acceptors (Lipinski definition) is 1. The fourth-order valence-corrected chi connectivity index (χ4v) is 0. The van der Waals surface area contributed by atoms with Crippen molar-refractivity contribution in [2.45, 2.75) is 41.5 Å². The summed E-state index contributed by atoms with van der Waals surface area (Å²) in [4.78, 5) is 0. The Morgan fingerprint density at radius 2 is 1.42 bits per heavy atom. The molecule has 0 fully saturated rings. The third-order valence-corrected chi connectivity index (χ3v) is 0.768. The van der Waals surface area contributed by atoms with Crippen LogP contribution in [0.15, 0.2) is 23.8 Å². The quantitative estimate of drug-likeness (QED) is 0.394. The van der Waals surface area contributed by atoms with Crippen LogP contribution in [0.3, 0.4) is 0 Å². The molecular formula is C11H21N. The number of allylic oxidation sites excluding steroid dienone is 3. The van der Waals surface area contributed by atoms with E-state index in [0.29, 0.717) is 5.57 Å². The highest BCUT2D eigenvalue weighted by Gasteiger charge is 1.64. The molecule has 0 aromatic heterocycles. The molecule has 0 atom stereocenters. The van der Waals surface area contributed by atoms with Gasteiger partial charge in [-0.3, -0.25) is 0 Å². The summed E-state index contributed by atoms with van der Waals surface area (Å²) in [6.07, 6.45) is 2.08. The average Bonchev–Trinajstić information content (AvgIpc) is 2.09. The Morgan fingerprint density at radius 1 is 1.25 bits per heavy atom. The van der Waals surface area contributed by atoms with Crippen molar-refractivity contribution in [1.29, 1.82) is 5.26 Å². The van der Waals surface area contributed by atoms with Crippen LogP contribution in [-0.2, 0) is 0 Å². The molecular weight excluding hydrogens is 146 g/mol. The molecule has 0 amide bonds. The van der Waals surface area contributed by atoms with Gasteiger partial charge >= 0.3 is 0 Å². The summed E-state index contributed by atoms with van der Waals surface area (Å²) in [6, 6.07) is 1.83. The van der Waals surface area contributed by atoms with Crippen LogP contribution >= 0.6 is 0 Å². The maximum Gasteiger partial charge on any atom is 0.0937 e. The predicted molar refractivity (Wildman–Crippen MR) is 56.9 cm³/mol. The van der Waals surface area contributed by atoms with Crippen LogP contribution in [0.5, 0.6) is 0 Å². The molecule has 0 radical (unpaired) electrons. The van der Waals surface area contributed by atoms with E-state index in [2.05, 4.69) is 26.5 Å². The first-order valence-electron chi connectivity index (χ1n) is 4.19. The summed E-state index contributed by atoms with van der Waals surface area (Å²) in [5, 5.41) is 7.79. The van der Waals surface area contributed by atoms with Gasteiger partial charge in [0.1, 0.15) is 0 Å².